The molecule has 0 spiro atoms. The van der Waals surface area contributed by atoms with Gasteiger partial charge in [0.1, 0.15) is 5.82 Å². The van der Waals surface area contributed by atoms with Gasteiger partial charge in [-0.05, 0) is 13.0 Å². The number of halogens is 1. The van der Waals surface area contributed by atoms with Gasteiger partial charge in [-0.25, -0.2) is 19.2 Å². The van der Waals surface area contributed by atoms with Crippen molar-refractivity contribution in [1.82, 2.24) is 15.0 Å². The molecule has 2 aromatic heterocycles. The normalized spacial score (nSPS) is 11.1. The molecule has 5 nitrogen and oxygen atoms in total. The molecule has 0 bridgehead atoms. The van der Waals surface area contributed by atoms with Gasteiger partial charge in [-0.2, -0.15) is 0 Å². The number of hydrogen-bond donors (Lipinski definition) is 2. The second-order valence-corrected chi connectivity index (χ2v) is 4.86. The van der Waals surface area contributed by atoms with Crippen molar-refractivity contribution in [3.8, 4) is 10.7 Å². The molecular weight excluding hydrogens is 269 g/mol. The first-order chi connectivity index (χ1) is 9.06. The number of fused-ring (bicyclic) bond motifs is 1. The number of benzene rings is 1. The van der Waals surface area contributed by atoms with Crippen LogP contribution in [0.1, 0.15) is 16.1 Å². The molecule has 0 saturated carbocycles. The Labute approximate surface area is 110 Å². The minimum Gasteiger partial charge on any atom is -0.478 e. The zero-order valence-electron chi connectivity index (χ0n) is 9.77. The number of hydrogen-bond acceptors (Lipinski definition) is 4. The van der Waals surface area contributed by atoms with Crippen LogP contribution in [0.25, 0.3) is 21.7 Å². The molecule has 7 heteroatoms. The highest BCUT2D eigenvalue weighted by Gasteiger charge is 2.15. The predicted octanol–water partition coefficient (Wildman–Crippen LogP) is 2.83. The molecule has 96 valence electrons. The van der Waals surface area contributed by atoms with Crippen molar-refractivity contribution >= 4 is 28.3 Å². The molecule has 0 unspecified atom stereocenters. The summed E-state index contributed by atoms with van der Waals surface area (Å²) in [5.41, 5.74) is 3.02. The van der Waals surface area contributed by atoms with Crippen molar-refractivity contribution in [1.29, 1.82) is 0 Å². The second kappa shape index (κ2) is 4.13. The van der Waals surface area contributed by atoms with Gasteiger partial charge in [0.2, 0.25) is 0 Å². The minimum atomic E-state index is -1.31. The lowest BCUT2D eigenvalue weighted by atomic mass is 10.2. The Hall–Kier alpha value is -2.28. The van der Waals surface area contributed by atoms with E-state index in [-0.39, 0.29) is 5.56 Å². The van der Waals surface area contributed by atoms with Crippen molar-refractivity contribution in [3.63, 3.8) is 0 Å². The van der Waals surface area contributed by atoms with E-state index in [0.29, 0.717) is 16.9 Å². The van der Waals surface area contributed by atoms with Gasteiger partial charge < -0.3 is 10.1 Å². The Morgan fingerprint density at radius 1 is 1.47 bits per heavy atom. The number of aryl methyl sites for hydroxylation is 1. The lowest BCUT2D eigenvalue weighted by Gasteiger charge is -1.95. The number of thiazole rings is 1. The van der Waals surface area contributed by atoms with Crippen LogP contribution in [0.5, 0.6) is 0 Å². The smallest absolute Gasteiger partial charge is 0.338 e. The van der Waals surface area contributed by atoms with Gasteiger partial charge in [-0.1, -0.05) is 0 Å². The fourth-order valence-electron chi connectivity index (χ4n) is 1.83. The molecular formula is C12H8FN3O2S. The van der Waals surface area contributed by atoms with E-state index in [2.05, 4.69) is 15.0 Å². The molecule has 0 aliphatic heterocycles. The molecule has 3 rings (SSSR count). The maximum atomic E-state index is 13.6. The Bertz CT molecular complexity index is 793. The number of aromatic amines is 1. The Morgan fingerprint density at radius 3 is 2.89 bits per heavy atom. The lowest BCUT2D eigenvalue weighted by molar-refractivity contribution is 0.0692. The number of carboxylic acids is 1. The number of carboxylic acid groups (broad SMARTS) is 1. The van der Waals surface area contributed by atoms with E-state index in [1.807, 2.05) is 6.92 Å². The highest BCUT2D eigenvalue weighted by atomic mass is 32.1. The number of imidazole rings is 1. The summed E-state index contributed by atoms with van der Waals surface area (Å²) in [7, 11) is 0. The number of nitrogens with zero attached hydrogens (tertiary/aromatic N) is 2. The Balaban J connectivity index is 2.21. The number of H-pyrrole nitrogens is 1. The lowest BCUT2D eigenvalue weighted by Crippen LogP contribution is -1.99. The average Bonchev–Trinajstić information content (AvgIpc) is 2.92. The minimum absolute atomic E-state index is 0.383. The van der Waals surface area contributed by atoms with E-state index >= 15 is 0 Å². The third-order valence-electron chi connectivity index (χ3n) is 2.76. The highest BCUT2D eigenvalue weighted by molar-refractivity contribution is 7.13. The summed E-state index contributed by atoms with van der Waals surface area (Å²) in [6.45, 7) is 1.85. The van der Waals surface area contributed by atoms with Gasteiger partial charge in [0.05, 0.1) is 32.7 Å². The third-order valence-corrected chi connectivity index (χ3v) is 3.70. The summed E-state index contributed by atoms with van der Waals surface area (Å²) in [4.78, 5) is 23.1. The van der Waals surface area contributed by atoms with Gasteiger partial charge in [-0.15, -0.1) is 11.3 Å². The summed E-state index contributed by atoms with van der Waals surface area (Å²) >= 11 is 1.42. The van der Waals surface area contributed by atoms with E-state index in [4.69, 9.17) is 5.11 Å². The van der Waals surface area contributed by atoms with Crippen LogP contribution in [0, 0.1) is 12.7 Å². The topological polar surface area (TPSA) is 78.9 Å². The molecule has 19 heavy (non-hydrogen) atoms. The van der Waals surface area contributed by atoms with Crippen LogP contribution >= 0.6 is 11.3 Å². The molecule has 0 radical (unpaired) electrons. The highest BCUT2D eigenvalue weighted by Crippen LogP contribution is 2.27. The number of aromatic carboxylic acids is 1. The molecule has 2 N–H and O–H groups in total. The summed E-state index contributed by atoms with van der Waals surface area (Å²) < 4.78 is 13.6. The first-order valence-electron chi connectivity index (χ1n) is 5.39. The Kier molecular flexibility index (Phi) is 2.56. The average molecular weight is 277 g/mol. The fourth-order valence-corrected chi connectivity index (χ4v) is 2.58. The van der Waals surface area contributed by atoms with Crippen molar-refractivity contribution in [3.05, 3.63) is 34.7 Å². The van der Waals surface area contributed by atoms with E-state index < -0.39 is 11.8 Å². The molecule has 0 aliphatic rings. The summed E-state index contributed by atoms with van der Waals surface area (Å²) in [5, 5.41) is 8.87. The molecule has 0 amide bonds. The van der Waals surface area contributed by atoms with Crippen LogP contribution in [0.4, 0.5) is 4.39 Å². The zero-order valence-corrected chi connectivity index (χ0v) is 10.6. The summed E-state index contributed by atoms with van der Waals surface area (Å²) in [6, 6.07) is 2.37. The van der Waals surface area contributed by atoms with Crippen molar-refractivity contribution in [2.75, 3.05) is 0 Å². The van der Waals surface area contributed by atoms with E-state index in [0.717, 1.165) is 16.6 Å². The fraction of sp³-hybridized carbons (Fsp3) is 0.0833. The van der Waals surface area contributed by atoms with E-state index in [1.54, 1.807) is 5.51 Å². The van der Waals surface area contributed by atoms with Crippen LogP contribution in [0.2, 0.25) is 0 Å². The van der Waals surface area contributed by atoms with Gasteiger partial charge in [0, 0.05) is 6.07 Å². The van der Waals surface area contributed by atoms with Crippen molar-refractivity contribution < 1.29 is 14.3 Å². The van der Waals surface area contributed by atoms with Crippen LogP contribution in [0.15, 0.2) is 17.6 Å². The van der Waals surface area contributed by atoms with Crippen LogP contribution in [-0.2, 0) is 0 Å². The number of rotatable bonds is 2. The first kappa shape index (κ1) is 11.8. The third kappa shape index (κ3) is 1.88. The monoisotopic (exact) mass is 277 g/mol. The summed E-state index contributed by atoms with van der Waals surface area (Å²) in [5.74, 6) is -1.52. The first-order valence-corrected chi connectivity index (χ1v) is 6.27. The molecule has 0 fully saturated rings. The maximum absolute atomic E-state index is 13.6. The number of carbonyl (C=O) groups is 1. The van der Waals surface area contributed by atoms with Crippen molar-refractivity contribution in [2.24, 2.45) is 0 Å². The van der Waals surface area contributed by atoms with Gasteiger partial charge in [0.15, 0.2) is 5.82 Å². The standard InChI is InChI=1S/C12H8FN3O2S/c1-5-10(19-4-14-5)11-15-8-2-6(12(17)18)7(13)3-9(8)16-11/h2-4H,1H3,(H,15,16)(H,17,18). The Morgan fingerprint density at radius 2 is 2.26 bits per heavy atom. The van der Waals surface area contributed by atoms with E-state index in [9.17, 15) is 9.18 Å². The van der Waals surface area contributed by atoms with Gasteiger partial charge in [0.25, 0.3) is 0 Å². The van der Waals surface area contributed by atoms with Crippen LogP contribution in [-0.4, -0.2) is 26.0 Å². The molecule has 3 aromatic rings. The number of aromatic nitrogens is 3. The van der Waals surface area contributed by atoms with Gasteiger partial charge >= 0.3 is 5.97 Å². The maximum Gasteiger partial charge on any atom is 0.338 e. The predicted molar refractivity (Wildman–Crippen MR) is 68.9 cm³/mol. The molecule has 2 heterocycles. The van der Waals surface area contributed by atoms with Gasteiger partial charge in [-0.3, -0.25) is 0 Å². The molecule has 1 aromatic carbocycles. The van der Waals surface area contributed by atoms with Crippen LogP contribution < -0.4 is 0 Å². The SMILES string of the molecule is Cc1ncsc1-c1nc2cc(C(=O)O)c(F)cc2[nH]1. The summed E-state index contributed by atoms with van der Waals surface area (Å²) in [6.07, 6.45) is 0. The largest absolute Gasteiger partial charge is 0.478 e. The quantitative estimate of drug-likeness (QED) is 0.755. The molecule has 0 saturated heterocycles. The van der Waals surface area contributed by atoms with Crippen molar-refractivity contribution in [2.45, 2.75) is 6.92 Å². The number of nitrogens with one attached hydrogen (secondary N) is 1. The second-order valence-electron chi connectivity index (χ2n) is 4.01. The molecule has 0 atom stereocenters. The van der Waals surface area contributed by atoms with E-state index in [1.165, 1.54) is 17.4 Å². The van der Waals surface area contributed by atoms with Crippen LogP contribution in [0.3, 0.4) is 0 Å². The molecule has 0 aliphatic carbocycles. The zero-order chi connectivity index (χ0) is 13.6.